The lowest BCUT2D eigenvalue weighted by Gasteiger charge is -2.43. The van der Waals surface area contributed by atoms with Crippen LogP contribution in [0.1, 0.15) is 51.5 Å². The SMILES string of the molecule is CN=C(NCC(C)(C)N1CCCC(C)C1)N1CCC(c2cnn(C)c2)C1.I. The van der Waals surface area contributed by atoms with Gasteiger partial charge in [-0.3, -0.25) is 14.6 Å². The van der Waals surface area contributed by atoms with Crippen molar-refractivity contribution in [2.75, 3.05) is 39.8 Å². The van der Waals surface area contributed by atoms with E-state index < -0.39 is 0 Å². The Morgan fingerprint density at radius 2 is 2.07 bits per heavy atom. The lowest BCUT2D eigenvalue weighted by Crippen LogP contribution is -2.56. The van der Waals surface area contributed by atoms with Crippen LogP contribution in [0, 0.1) is 5.92 Å². The molecule has 6 nitrogen and oxygen atoms in total. The van der Waals surface area contributed by atoms with Crippen LogP contribution in [0.25, 0.3) is 0 Å². The second kappa shape index (κ2) is 9.58. The first-order chi connectivity index (χ1) is 12.4. The normalized spacial score (nSPS) is 24.8. The van der Waals surface area contributed by atoms with Crippen molar-refractivity contribution in [3.63, 3.8) is 0 Å². The van der Waals surface area contributed by atoms with Crippen molar-refractivity contribution in [1.29, 1.82) is 0 Å². The maximum absolute atomic E-state index is 4.56. The fraction of sp³-hybridized carbons (Fsp3) is 0.800. The number of aryl methyl sites for hydroxylation is 1. The Labute approximate surface area is 181 Å². The van der Waals surface area contributed by atoms with Crippen LogP contribution < -0.4 is 5.32 Å². The smallest absolute Gasteiger partial charge is 0.193 e. The second-order valence-electron chi connectivity index (χ2n) is 8.79. The van der Waals surface area contributed by atoms with Crippen molar-refractivity contribution < 1.29 is 0 Å². The number of piperidine rings is 1. The van der Waals surface area contributed by atoms with E-state index in [0.29, 0.717) is 5.92 Å². The summed E-state index contributed by atoms with van der Waals surface area (Å²) in [4.78, 5) is 9.60. The highest BCUT2D eigenvalue weighted by atomic mass is 127. The Bertz CT molecular complexity index is 626. The predicted octanol–water partition coefficient (Wildman–Crippen LogP) is 2.91. The Hall–Kier alpha value is -0.830. The van der Waals surface area contributed by atoms with Gasteiger partial charge in [-0.2, -0.15) is 5.10 Å². The third-order valence-corrected chi connectivity index (χ3v) is 6.09. The predicted molar refractivity (Wildman–Crippen MR) is 123 cm³/mol. The zero-order valence-corrected chi connectivity index (χ0v) is 19.9. The third-order valence-electron chi connectivity index (χ3n) is 6.09. The Morgan fingerprint density at radius 1 is 1.30 bits per heavy atom. The Balaban J connectivity index is 0.00000261. The molecule has 1 N–H and O–H groups in total. The minimum atomic E-state index is 0. The number of nitrogens with zero attached hydrogens (tertiary/aromatic N) is 5. The summed E-state index contributed by atoms with van der Waals surface area (Å²) in [5.41, 5.74) is 1.49. The van der Waals surface area contributed by atoms with Gasteiger partial charge in [-0.15, -0.1) is 24.0 Å². The average Bonchev–Trinajstić information content (AvgIpc) is 3.24. The molecule has 0 spiro atoms. The van der Waals surface area contributed by atoms with Gasteiger partial charge >= 0.3 is 0 Å². The van der Waals surface area contributed by atoms with E-state index in [4.69, 9.17) is 0 Å². The molecule has 1 aromatic heterocycles. The fourth-order valence-corrected chi connectivity index (χ4v) is 4.35. The summed E-state index contributed by atoms with van der Waals surface area (Å²) >= 11 is 0. The zero-order valence-electron chi connectivity index (χ0n) is 17.6. The number of aliphatic imine (C=N–C) groups is 1. The Morgan fingerprint density at radius 3 is 2.70 bits per heavy atom. The number of guanidine groups is 1. The van der Waals surface area contributed by atoms with Gasteiger partial charge < -0.3 is 10.2 Å². The first kappa shape index (κ1) is 22.5. The van der Waals surface area contributed by atoms with Crippen molar-refractivity contribution in [2.24, 2.45) is 18.0 Å². The molecular weight excluding hydrogens is 451 g/mol. The first-order valence-electron chi connectivity index (χ1n) is 10.1. The molecule has 0 radical (unpaired) electrons. The molecule has 2 atom stereocenters. The van der Waals surface area contributed by atoms with Crippen LogP contribution >= 0.6 is 24.0 Å². The Kier molecular flexibility index (Phi) is 7.97. The standard InChI is InChI=1S/C20H36N6.HI/c1-16-7-6-9-26(12-16)20(2,3)15-22-19(21-4)25-10-8-17(14-25)18-11-23-24(5)13-18;/h11,13,16-17H,6-10,12,14-15H2,1-5H3,(H,21,22);1H. The largest absolute Gasteiger partial charge is 0.354 e. The van der Waals surface area contributed by atoms with Crippen molar-refractivity contribution in [1.82, 2.24) is 24.9 Å². The maximum Gasteiger partial charge on any atom is 0.193 e. The van der Waals surface area contributed by atoms with Gasteiger partial charge in [-0.25, -0.2) is 0 Å². The van der Waals surface area contributed by atoms with Gasteiger partial charge in [0.2, 0.25) is 0 Å². The van der Waals surface area contributed by atoms with E-state index in [9.17, 15) is 0 Å². The van der Waals surface area contributed by atoms with Gasteiger partial charge in [0.05, 0.1) is 6.20 Å². The molecule has 0 saturated carbocycles. The number of halogens is 1. The van der Waals surface area contributed by atoms with E-state index in [1.165, 1.54) is 37.9 Å². The summed E-state index contributed by atoms with van der Waals surface area (Å²) in [6, 6.07) is 0. The highest BCUT2D eigenvalue weighted by Gasteiger charge is 2.32. The van der Waals surface area contributed by atoms with E-state index >= 15 is 0 Å². The number of hydrogen-bond acceptors (Lipinski definition) is 3. The van der Waals surface area contributed by atoms with Crippen LogP contribution in [-0.4, -0.2) is 70.9 Å². The van der Waals surface area contributed by atoms with Crippen LogP contribution in [-0.2, 0) is 7.05 Å². The average molecular weight is 488 g/mol. The van der Waals surface area contributed by atoms with E-state index in [1.807, 2.05) is 25.0 Å². The van der Waals surface area contributed by atoms with Gasteiger partial charge in [0, 0.05) is 57.9 Å². The molecule has 1 aromatic rings. The van der Waals surface area contributed by atoms with E-state index in [1.54, 1.807) is 0 Å². The summed E-state index contributed by atoms with van der Waals surface area (Å²) in [6.45, 7) is 12.5. The van der Waals surface area contributed by atoms with Gasteiger partial charge in [-0.1, -0.05) is 6.92 Å². The number of aromatic nitrogens is 2. The number of hydrogen-bond donors (Lipinski definition) is 1. The third kappa shape index (κ3) is 5.59. The second-order valence-corrected chi connectivity index (χ2v) is 8.79. The molecule has 27 heavy (non-hydrogen) atoms. The molecule has 0 aliphatic carbocycles. The zero-order chi connectivity index (χ0) is 18.7. The fourth-order valence-electron chi connectivity index (χ4n) is 4.35. The quantitative estimate of drug-likeness (QED) is 0.403. The molecule has 2 aliphatic rings. The summed E-state index contributed by atoms with van der Waals surface area (Å²) in [5, 5.41) is 7.98. The first-order valence-corrected chi connectivity index (χ1v) is 10.1. The lowest BCUT2D eigenvalue weighted by molar-refractivity contribution is 0.0736. The van der Waals surface area contributed by atoms with Crippen molar-refractivity contribution in [2.45, 2.75) is 51.5 Å². The summed E-state index contributed by atoms with van der Waals surface area (Å²) in [5.74, 6) is 2.40. The van der Waals surface area contributed by atoms with Crippen LogP contribution in [0.4, 0.5) is 0 Å². The van der Waals surface area contributed by atoms with Crippen LogP contribution in [0.5, 0.6) is 0 Å². The lowest BCUT2D eigenvalue weighted by atomic mass is 9.93. The molecule has 2 saturated heterocycles. The molecule has 2 unspecified atom stereocenters. The van der Waals surface area contributed by atoms with Crippen molar-refractivity contribution in [3.8, 4) is 0 Å². The van der Waals surface area contributed by atoms with E-state index in [2.05, 4.69) is 52.2 Å². The molecule has 0 aromatic carbocycles. The minimum absolute atomic E-state index is 0. The summed E-state index contributed by atoms with van der Waals surface area (Å²) in [6.07, 6.45) is 8.00. The van der Waals surface area contributed by atoms with E-state index in [0.717, 1.165) is 31.5 Å². The molecule has 0 amide bonds. The molecule has 7 heteroatoms. The maximum atomic E-state index is 4.56. The summed E-state index contributed by atoms with van der Waals surface area (Å²) < 4.78 is 1.90. The molecule has 3 heterocycles. The highest BCUT2D eigenvalue weighted by Crippen LogP contribution is 2.27. The van der Waals surface area contributed by atoms with Gasteiger partial charge in [-0.05, 0) is 51.1 Å². The molecule has 3 rings (SSSR count). The van der Waals surface area contributed by atoms with Crippen molar-refractivity contribution >= 4 is 29.9 Å². The summed E-state index contributed by atoms with van der Waals surface area (Å²) in [7, 11) is 3.88. The van der Waals surface area contributed by atoms with Gasteiger partial charge in [0.1, 0.15) is 0 Å². The van der Waals surface area contributed by atoms with Crippen LogP contribution in [0.3, 0.4) is 0 Å². The number of rotatable bonds is 4. The van der Waals surface area contributed by atoms with E-state index in [-0.39, 0.29) is 29.5 Å². The molecule has 154 valence electrons. The monoisotopic (exact) mass is 488 g/mol. The van der Waals surface area contributed by atoms with Crippen LogP contribution in [0.2, 0.25) is 0 Å². The number of likely N-dealkylation sites (tertiary alicyclic amines) is 2. The number of nitrogens with one attached hydrogen (secondary N) is 1. The minimum Gasteiger partial charge on any atom is -0.354 e. The van der Waals surface area contributed by atoms with Gasteiger partial charge in [0.15, 0.2) is 5.96 Å². The highest BCUT2D eigenvalue weighted by molar-refractivity contribution is 14.0. The molecule has 0 bridgehead atoms. The van der Waals surface area contributed by atoms with Crippen molar-refractivity contribution in [3.05, 3.63) is 18.0 Å². The molecule has 2 aliphatic heterocycles. The topological polar surface area (TPSA) is 48.7 Å². The van der Waals surface area contributed by atoms with Gasteiger partial charge in [0.25, 0.3) is 0 Å². The van der Waals surface area contributed by atoms with Crippen LogP contribution in [0.15, 0.2) is 17.4 Å². The molecule has 2 fully saturated rings. The molecular formula is C20H37IN6.